The number of anilines is 1. The summed E-state index contributed by atoms with van der Waals surface area (Å²) in [5.41, 5.74) is -3.08. The smallest absolute Gasteiger partial charge is 0.416 e. The average molecular weight is 606 g/mol. The Hall–Kier alpha value is -5.34. The zero-order valence-electron chi connectivity index (χ0n) is 22.8. The van der Waals surface area contributed by atoms with Crippen LogP contribution >= 0.6 is 0 Å². The molecule has 0 aliphatic rings. The average Bonchev–Trinajstić information content (AvgIpc) is 2.92. The molecule has 0 spiro atoms. The molecule has 15 heteroatoms. The molecule has 12 nitrogen and oxygen atoms in total. The largest absolute Gasteiger partial charge is 0.508 e. The fourth-order valence-corrected chi connectivity index (χ4v) is 4.30. The first-order valence-electron chi connectivity index (χ1n) is 12.7. The van der Waals surface area contributed by atoms with E-state index >= 15 is 0 Å². The van der Waals surface area contributed by atoms with Gasteiger partial charge in [0.25, 0.3) is 11.4 Å². The third-order valence-electron chi connectivity index (χ3n) is 6.11. The second kappa shape index (κ2) is 13.1. The Morgan fingerprint density at radius 3 is 1.86 bits per heavy atom. The summed E-state index contributed by atoms with van der Waals surface area (Å²) >= 11 is 0. The van der Waals surface area contributed by atoms with Gasteiger partial charge in [-0.1, -0.05) is 26.0 Å². The number of alkyl halides is 3. The summed E-state index contributed by atoms with van der Waals surface area (Å²) in [5, 5.41) is 50.8. The monoisotopic (exact) mass is 605 g/mol. The number of benzene rings is 3. The summed E-state index contributed by atoms with van der Waals surface area (Å²) in [5.74, 6) is -0.434. The van der Waals surface area contributed by atoms with E-state index in [2.05, 4.69) is 0 Å². The lowest BCUT2D eigenvalue weighted by atomic mass is 10.0. The standard InChI is InChI=1S/C15H10O5.C13H16F3N3O4/c16-9-3-1-8(2-4-9)11-7-20-13-6-10(17)5-12(18)14(13)15(11)19;1-3-5-17(6-4-2)12-10(18(20)21)7-9(13(14,15)16)8-11(12)19(22)23/h1-7,16-18H;7-8H,3-6H2,1-2H3. The van der Waals surface area contributed by atoms with E-state index in [4.69, 9.17) is 4.42 Å². The quantitative estimate of drug-likeness (QED) is 0.144. The maximum absolute atomic E-state index is 12.8. The maximum atomic E-state index is 12.8. The van der Waals surface area contributed by atoms with Crippen LogP contribution in [0.5, 0.6) is 17.2 Å². The van der Waals surface area contributed by atoms with Gasteiger partial charge in [-0.05, 0) is 30.5 Å². The fourth-order valence-electron chi connectivity index (χ4n) is 4.30. The van der Waals surface area contributed by atoms with E-state index in [0.29, 0.717) is 30.5 Å². The number of aromatic hydroxyl groups is 3. The van der Waals surface area contributed by atoms with Crippen LogP contribution in [0.4, 0.5) is 30.2 Å². The van der Waals surface area contributed by atoms with Crippen molar-refractivity contribution < 1.29 is 42.8 Å². The molecule has 0 fully saturated rings. The highest BCUT2D eigenvalue weighted by molar-refractivity contribution is 5.88. The molecule has 1 aromatic heterocycles. The predicted molar refractivity (Wildman–Crippen MR) is 150 cm³/mol. The molecule has 0 aliphatic carbocycles. The van der Waals surface area contributed by atoms with E-state index in [9.17, 15) is 53.5 Å². The molecule has 0 atom stereocenters. The van der Waals surface area contributed by atoms with Crippen LogP contribution in [-0.2, 0) is 6.18 Å². The zero-order valence-corrected chi connectivity index (χ0v) is 22.8. The normalized spacial score (nSPS) is 11.1. The van der Waals surface area contributed by atoms with Crippen molar-refractivity contribution in [3.63, 3.8) is 0 Å². The molecule has 0 radical (unpaired) electrons. The third kappa shape index (κ3) is 7.30. The van der Waals surface area contributed by atoms with Crippen molar-refractivity contribution in [3.05, 3.63) is 90.8 Å². The van der Waals surface area contributed by atoms with Gasteiger partial charge in [0.2, 0.25) is 5.43 Å². The molecule has 228 valence electrons. The number of nitro benzene ring substituents is 2. The van der Waals surface area contributed by atoms with E-state index in [1.807, 2.05) is 0 Å². The zero-order chi connectivity index (χ0) is 32.1. The van der Waals surface area contributed by atoms with Gasteiger partial charge in [-0.25, -0.2) is 0 Å². The number of phenols is 3. The molecule has 0 amide bonds. The summed E-state index contributed by atoms with van der Waals surface area (Å²) < 4.78 is 43.8. The highest BCUT2D eigenvalue weighted by Gasteiger charge is 2.39. The Morgan fingerprint density at radius 2 is 1.40 bits per heavy atom. The Balaban J connectivity index is 0.000000237. The van der Waals surface area contributed by atoms with Crippen LogP contribution in [0.25, 0.3) is 22.1 Å². The van der Waals surface area contributed by atoms with Gasteiger partial charge in [0.05, 0.1) is 21.0 Å². The molecule has 4 rings (SSSR count). The number of nitrogens with zero attached hydrogens (tertiary/aromatic N) is 3. The molecule has 0 aliphatic heterocycles. The van der Waals surface area contributed by atoms with Crippen LogP contribution in [0, 0.1) is 20.2 Å². The third-order valence-corrected chi connectivity index (χ3v) is 6.11. The van der Waals surface area contributed by atoms with Gasteiger partial charge in [0.15, 0.2) is 5.69 Å². The van der Waals surface area contributed by atoms with Gasteiger partial charge in [-0.2, -0.15) is 13.2 Å². The molecule has 4 aromatic rings. The number of hydrogen-bond acceptors (Lipinski definition) is 10. The van der Waals surface area contributed by atoms with Crippen molar-refractivity contribution in [2.24, 2.45) is 0 Å². The van der Waals surface area contributed by atoms with Gasteiger partial charge in [-0.15, -0.1) is 0 Å². The predicted octanol–water partition coefficient (Wildman–Crippen LogP) is 6.73. The number of phenolic OH excluding ortho intramolecular Hbond substituents is 3. The molecule has 0 saturated carbocycles. The summed E-state index contributed by atoms with van der Waals surface area (Å²) in [4.78, 5) is 34.1. The van der Waals surface area contributed by atoms with Crippen LogP contribution in [0.1, 0.15) is 32.3 Å². The second-order valence-electron chi connectivity index (χ2n) is 9.23. The summed E-state index contributed by atoms with van der Waals surface area (Å²) in [6, 6.07) is 9.10. The van der Waals surface area contributed by atoms with Crippen molar-refractivity contribution in [1.82, 2.24) is 0 Å². The first kappa shape index (κ1) is 32.2. The van der Waals surface area contributed by atoms with Gasteiger partial charge >= 0.3 is 6.18 Å². The van der Waals surface area contributed by atoms with E-state index in [1.165, 1.54) is 29.4 Å². The van der Waals surface area contributed by atoms with Crippen LogP contribution in [0.2, 0.25) is 0 Å². The number of fused-ring (bicyclic) bond motifs is 1. The summed E-state index contributed by atoms with van der Waals surface area (Å²) in [6.45, 7) is 4.07. The fraction of sp³-hybridized carbons (Fsp3) is 0.250. The van der Waals surface area contributed by atoms with Crippen molar-refractivity contribution >= 4 is 28.0 Å². The number of nitro groups is 2. The van der Waals surface area contributed by atoms with E-state index in [-0.39, 0.29) is 52.6 Å². The topological polar surface area (TPSA) is 180 Å². The SMILES string of the molecule is CCCN(CCC)c1c([N+](=O)[O-])cc(C(F)(F)F)cc1[N+](=O)[O-].O=c1c(-c2ccc(O)cc2)coc2cc(O)cc(O)c12. The Bertz CT molecular complexity index is 1660. The minimum absolute atomic E-state index is 0.00775. The first-order chi connectivity index (χ1) is 20.2. The van der Waals surface area contributed by atoms with Crippen molar-refractivity contribution in [3.8, 4) is 28.4 Å². The lowest BCUT2D eigenvalue weighted by molar-refractivity contribution is -0.393. The Labute approximate surface area is 241 Å². The van der Waals surface area contributed by atoms with Gasteiger partial charge < -0.3 is 24.6 Å². The van der Waals surface area contributed by atoms with E-state index in [1.54, 1.807) is 26.0 Å². The Kier molecular flexibility index (Phi) is 9.80. The Morgan fingerprint density at radius 1 is 0.860 bits per heavy atom. The summed E-state index contributed by atoms with van der Waals surface area (Å²) in [6.07, 6.45) is -2.57. The van der Waals surface area contributed by atoms with Crippen LogP contribution in [0.3, 0.4) is 0 Å². The number of rotatable bonds is 8. The molecule has 0 unspecified atom stereocenters. The highest BCUT2D eigenvalue weighted by Crippen LogP contribution is 2.43. The maximum Gasteiger partial charge on any atom is 0.416 e. The van der Waals surface area contributed by atoms with Crippen molar-refractivity contribution in [2.45, 2.75) is 32.9 Å². The van der Waals surface area contributed by atoms with E-state index in [0.717, 1.165) is 6.07 Å². The molecular formula is C28H26F3N3O9. The van der Waals surface area contributed by atoms with Crippen LogP contribution < -0.4 is 10.3 Å². The minimum Gasteiger partial charge on any atom is -0.508 e. The minimum atomic E-state index is -4.91. The molecule has 3 aromatic carbocycles. The molecule has 0 bridgehead atoms. The van der Waals surface area contributed by atoms with Gasteiger partial charge in [-0.3, -0.25) is 25.0 Å². The molecule has 43 heavy (non-hydrogen) atoms. The van der Waals surface area contributed by atoms with Gasteiger partial charge in [0.1, 0.15) is 34.5 Å². The molecular weight excluding hydrogens is 579 g/mol. The summed E-state index contributed by atoms with van der Waals surface area (Å²) in [7, 11) is 0. The lowest BCUT2D eigenvalue weighted by Gasteiger charge is -2.23. The highest BCUT2D eigenvalue weighted by atomic mass is 19.4. The van der Waals surface area contributed by atoms with Crippen LogP contribution in [-0.4, -0.2) is 38.3 Å². The first-order valence-corrected chi connectivity index (χ1v) is 12.7. The van der Waals surface area contributed by atoms with E-state index < -0.39 is 38.4 Å². The lowest BCUT2D eigenvalue weighted by Crippen LogP contribution is -2.27. The van der Waals surface area contributed by atoms with Crippen LogP contribution in [0.15, 0.2) is 64.0 Å². The van der Waals surface area contributed by atoms with Crippen molar-refractivity contribution in [1.29, 1.82) is 0 Å². The number of hydrogen-bond donors (Lipinski definition) is 3. The number of halogens is 3. The molecule has 0 saturated heterocycles. The molecule has 3 N–H and O–H groups in total. The molecule has 1 heterocycles. The second-order valence-corrected chi connectivity index (χ2v) is 9.23. The van der Waals surface area contributed by atoms with Gasteiger partial charge in [0, 0.05) is 37.4 Å². The van der Waals surface area contributed by atoms with Crippen molar-refractivity contribution in [2.75, 3.05) is 18.0 Å².